The maximum Gasteiger partial charge on any atom is 0.119 e. The molecule has 1 aliphatic rings. The first-order valence-corrected chi connectivity index (χ1v) is 9.25. The third kappa shape index (κ3) is 5.60. The molecule has 3 nitrogen and oxygen atoms in total. The second-order valence-corrected chi connectivity index (χ2v) is 6.81. The van der Waals surface area contributed by atoms with Gasteiger partial charge in [0.2, 0.25) is 0 Å². The Morgan fingerprint density at radius 1 is 1.19 bits per heavy atom. The normalized spacial score (nSPS) is 16.9. The molecule has 1 atom stereocenters. The minimum atomic E-state index is 0.0695. The smallest absolute Gasteiger partial charge is 0.119 e. The topological polar surface area (TPSA) is 38.7 Å². The number of ether oxygens (including phenoxy) is 2. The minimum Gasteiger partial charge on any atom is -0.508 e. The molecule has 140 valence electrons. The zero-order chi connectivity index (χ0) is 19.1. The van der Waals surface area contributed by atoms with E-state index in [1.165, 1.54) is 5.57 Å². The van der Waals surface area contributed by atoms with Crippen molar-refractivity contribution < 1.29 is 14.6 Å². The lowest BCUT2D eigenvalue weighted by Crippen LogP contribution is -2.14. The largest absolute Gasteiger partial charge is 0.508 e. The van der Waals surface area contributed by atoms with Crippen LogP contribution in [0, 0.1) is 0 Å². The van der Waals surface area contributed by atoms with Gasteiger partial charge in [-0.1, -0.05) is 54.6 Å². The molecule has 2 aromatic rings. The Balaban J connectivity index is 1.51. The molecule has 0 radical (unpaired) electrons. The molecule has 0 fully saturated rings. The molecule has 0 aromatic heterocycles. The van der Waals surface area contributed by atoms with Crippen molar-refractivity contribution in [2.75, 3.05) is 13.2 Å². The lowest BCUT2D eigenvalue weighted by Gasteiger charge is -2.17. The second-order valence-electron chi connectivity index (χ2n) is 6.81. The van der Waals surface area contributed by atoms with E-state index in [1.54, 1.807) is 12.1 Å². The third-order valence-corrected chi connectivity index (χ3v) is 4.62. The molecule has 0 spiro atoms. The Bertz CT molecular complexity index is 816. The highest BCUT2D eigenvalue weighted by atomic mass is 16.5. The van der Waals surface area contributed by atoms with Gasteiger partial charge in [0.25, 0.3) is 0 Å². The maximum absolute atomic E-state index is 9.37. The van der Waals surface area contributed by atoms with E-state index in [9.17, 15) is 5.11 Å². The lowest BCUT2D eigenvalue weighted by atomic mass is 9.97. The SMILES string of the molecule is C=C(COc1ccccc1)C1=CCOC1CC/C(C)=C/c1ccc(O)cc1. The minimum absolute atomic E-state index is 0.0695. The second kappa shape index (κ2) is 9.24. The van der Waals surface area contributed by atoms with E-state index in [2.05, 4.69) is 25.7 Å². The van der Waals surface area contributed by atoms with E-state index in [0.29, 0.717) is 13.2 Å². The Morgan fingerprint density at radius 2 is 1.93 bits per heavy atom. The van der Waals surface area contributed by atoms with Crippen LogP contribution in [0.1, 0.15) is 25.3 Å². The predicted octanol–water partition coefficient (Wildman–Crippen LogP) is 5.54. The van der Waals surface area contributed by atoms with Gasteiger partial charge < -0.3 is 14.6 Å². The van der Waals surface area contributed by atoms with Crippen molar-refractivity contribution >= 4 is 6.08 Å². The standard InChI is InChI=1S/C24H26O3/c1-18(16-20-9-11-21(25)12-10-20)8-13-24-23(14-15-26-24)19(2)17-27-22-6-4-3-5-7-22/h3-7,9-12,14,16,24-25H,2,8,13,15,17H2,1H3/b18-16+. The van der Waals surface area contributed by atoms with Gasteiger partial charge in [-0.2, -0.15) is 0 Å². The van der Waals surface area contributed by atoms with Gasteiger partial charge in [0, 0.05) is 0 Å². The highest BCUT2D eigenvalue weighted by molar-refractivity contribution is 5.53. The van der Waals surface area contributed by atoms with Crippen molar-refractivity contribution in [3.05, 3.63) is 89.5 Å². The van der Waals surface area contributed by atoms with Crippen molar-refractivity contribution in [2.24, 2.45) is 0 Å². The van der Waals surface area contributed by atoms with E-state index in [-0.39, 0.29) is 11.9 Å². The van der Waals surface area contributed by atoms with Gasteiger partial charge in [0.1, 0.15) is 18.1 Å². The summed E-state index contributed by atoms with van der Waals surface area (Å²) >= 11 is 0. The summed E-state index contributed by atoms with van der Waals surface area (Å²) in [6.07, 6.45) is 6.18. The molecule has 0 aliphatic carbocycles. The molecule has 0 saturated carbocycles. The van der Waals surface area contributed by atoms with E-state index in [1.807, 2.05) is 42.5 Å². The van der Waals surface area contributed by atoms with Gasteiger partial charge in [0.05, 0.1) is 12.7 Å². The van der Waals surface area contributed by atoms with Crippen LogP contribution in [0.5, 0.6) is 11.5 Å². The highest BCUT2D eigenvalue weighted by Crippen LogP contribution is 2.27. The average molecular weight is 362 g/mol. The average Bonchev–Trinajstić information content (AvgIpc) is 3.16. The number of para-hydroxylation sites is 1. The molecule has 1 unspecified atom stereocenters. The first kappa shape index (κ1) is 19.0. The monoisotopic (exact) mass is 362 g/mol. The number of allylic oxidation sites excluding steroid dienone is 1. The van der Waals surface area contributed by atoms with Crippen LogP contribution in [-0.4, -0.2) is 24.4 Å². The summed E-state index contributed by atoms with van der Waals surface area (Å²) in [5, 5.41) is 9.37. The highest BCUT2D eigenvalue weighted by Gasteiger charge is 2.22. The van der Waals surface area contributed by atoms with Crippen LogP contribution < -0.4 is 4.74 Å². The van der Waals surface area contributed by atoms with Crippen LogP contribution in [0.3, 0.4) is 0 Å². The third-order valence-electron chi connectivity index (χ3n) is 4.62. The summed E-state index contributed by atoms with van der Waals surface area (Å²) < 4.78 is 11.7. The van der Waals surface area contributed by atoms with Gasteiger partial charge in [-0.25, -0.2) is 0 Å². The van der Waals surface area contributed by atoms with Crippen LogP contribution in [-0.2, 0) is 4.74 Å². The molecular weight excluding hydrogens is 336 g/mol. The number of phenols is 1. The van der Waals surface area contributed by atoms with Crippen LogP contribution in [0.15, 0.2) is 84.0 Å². The Kier molecular flexibility index (Phi) is 6.50. The zero-order valence-corrected chi connectivity index (χ0v) is 15.7. The lowest BCUT2D eigenvalue weighted by molar-refractivity contribution is 0.116. The molecule has 3 heteroatoms. The molecule has 2 aromatic carbocycles. The van der Waals surface area contributed by atoms with Crippen LogP contribution >= 0.6 is 0 Å². The van der Waals surface area contributed by atoms with Gasteiger partial charge in [-0.3, -0.25) is 0 Å². The van der Waals surface area contributed by atoms with Crippen molar-refractivity contribution in [1.29, 1.82) is 0 Å². The van der Waals surface area contributed by atoms with E-state index >= 15 is 0 Å². The van der Waals surface area contributed by atoms with Crippen molar-refractivity contribution in [2.45, 2.75) is 25.9 Å². The molecule has 1 heterocycles. The van der Waals surface area contributed by atoms with Crippen LogP contribution in [0.25, 0.3) is 6.08 Å². The number of hydrogen-bond donors (Lipinski definition) is 1. The summed E-state index contributed by atoms with van der Waals surface area (Å²) in [4.78, 5) is 0. The Labute approximate surface area is 161 Å². The molecule has 1 N–H and O–H groups in total. The molecular formula is C24H26O3. The van der Waals surface area contributed by atoms with Gasteiger partial charge in [-0.15, -0.1) is 0 Å². The number of phenolic OH excluding ortho intramolecular Hbond substituents is 1. The Morgan fingerprint density at radius 3 is 2.67 bits per heavy atom. The molecule has 27 heavy (non-hydrogen) atoms. The summed E-state index contributed by atoms with van der Waals surface area (Å²) in [5.74, 6) is 1.14. The number of rotatable bonds is 8. The van der Waals surface area contributed by atoms with Gasteiger partial charge >= 0.3 is 0 Å². The summed E-state index contributed by atoms with van der Waals surface area (Å²) in [6.45, 7) is 7.42. The molecule has 1 aliphatic heterocycles. The van der Waals surface area contributed by atoms with E-state index in [0.717, 1.165) is 35.3 Å². The Hall–Kier alpha value is -2.78. The summed E-state index contributed by atoms with van der Waals surface area (Å²) in [7, 11) is 0. The summed E-state index contributed by atoms with van der Waals surface area (Å²) in [6, 6.07) is 17.0. The van der Waals surface area contributed by atoms with Crippen LogP contribution in [0.2, 0.25) is 0 Å². The van der Waals surface area contributed by atoms with Crippen molar-refractivity contribution in [3.8, 4) is 11.5 Å². The van der Waals surface area contributed by atoms with E-state index in [4.69, 9.17) is 9.47 Å². The fourth-order valence-electron chi connectivity index (χ4n) is 3.14. The van der Waals surface area contributed by atoms with Gasteiger partial charge in [0.15, 0.2) is 0 Å². The quantitative estimate of drug-likeness (QED) is 0.670. The van der Waals surface area contributed by atoms with Crippen molar-refractivity contribution in [1.82, 2.24) is 0 Å². The first-order chi connectivity index (χ1) is 13.1. The van der Waals surface area contributed by atoms with E-state index < -0.39 is 0 Å². The first-order valence-electron chi connectivity index (χ1n) is 9.25. The fraction of sp³-hybridized carbons (Fsp3) is 0.250. The maximum atomic E-state index is 9.37. The zero-order valence-electron chi connectivity index (χ0n) is 15.7. The number of hydrogen-bond acceptors (Lipinski definition) is 3. The fourth-order valence-corrected chi connectivity index (χ4v) is 3.14. The van der Waals surface area contributed by atoms with Gasteiger partial charge in [-0.05, 0) is 60.7 Å². The molecule has 0 saturated heterocycles. The molecule has 0 amide bonds. The number of aromatic hydroxyl groups is 1. The number of benzene rings is 2. The van der Waals surface area contributed by atoms with Crippen molar-refractivity contribution in [3.63, 3.8) is 0 Å². The molecule has 3 rings (SSSR count). The predicted molar refractivity (Wildman–Crippen MR) is 110 cm³/mol. The molecule has 0 bridgehead atoms. The summed E-state index contributed by atoms with van der Waals surface area (Å²) in [5.41, 5.74) is 4.50. The van der Waals surface area contributed by atoms with Crippen LogP contribution in [0.4, 0.5) is 0 Å².